The van der Waals surface area contributed by atoms with Gasteiger partial charge in [-0.1, -0.05) is 12.8 Å². The van der Waals surface area contributed by atoms with Crippen LogP contribution in [0.25, 0.3) is 33.9 Å². The van der Waals surface area contributed by atoms with Crippen LogP contribution in [0.1, 0.15) is 88.8 Å². The van der Waals surface area contributed by atoms with E-state index in [0.717, 1.165) is 88.0 Å². The van der Waals surface area contributed by atoms with Gasteiger partial charge in [0, 0.05) is 55.9 Å². The van der Waals surface area contributed by atoms with Gasteiger partial charge in [0.1, 0.15) is 17.0 Å². The number of nitrogens with zero attached hydrogens (tertiary/aromatic N) is 7. The minimum absolute atomic E-state index is 0.00267. The molecule has 0 amide bonds. The van der Waals surface area contributed by atoms with Crippen molar-refractivity contribution in [2.45, 2.75) is 83.7 Å². The number of H-pyrrole nitrogens is 1. The molecular weight excluding hydrogens is 605 g/mol. The highest BCUT2D eigenvalue weighted by Gasteiger charge is 2.40. The van der Waals surface area contributed by atoms with Crippen LogP contribution in [-0.2, 0) is 10.9 Å². The van der Waals surface area contributed by atoms with Crippen LogP contribution in [0.15, 0.2) is 30.7 Å². The summed E-state index contributed by atoms with van der Waals surface area (Å²) in [6, 6.07) is 3.09. The van der Waals surface area contributed by atoms with Crippen LogP contribution in [-0.4, -0.2) is 69.3 Å². The predicted molar refractivity (Wildman–Crippen MR) is 176 cm³/mol. The largest absolute Gasteiger partial charge is 0.418 e. The molecule has 0 bridgehead atoms. The van der Waals surface area contributed by atoms with E-state index in [1.165, 1.54) is 18.7 Å². The second kappa shape index (κ2) is 13.0. The van der Waals surface area contributed by atoms with E-state index in [0.29, 0.717) is 48.2 Å². The van der Waals surface area contributed by atoms with E-state index < -0.39 is 11.7 Å². The van der Waals surface area contributed by atoms with Crippen LogP contribution in [0.5, 0.6) is 0 Å². The van der Waals surface area contributed by atoms with Gasteiger partial charge in [-0.05, 0) is 70.9 Å². The van der Waals surface area contributed by atoms with Crippen molar-refractivity contribution in [1.29, 1.82) is 0 Å². The molecule has 7 rings (SSSR count). The molecule has 4 aromatic heterocycles. The van der Waals surface area contributed by atoms with Gasteiger partial charge in [-0.3, -0.25) is 4.98 Å². The van der Waals surface area contributed by atoms with E-state index in [1.807, 2.05) is 13.0 Å². The topological polar surface area (TPSA) is 95.9 Å². The van der Waals surface area contributed by atoms with E-state index in [1.54, 1.807) is 12.4 Å². The number of anilines is 2. The predicted octanol–water partition coefficient (Wildman–Crippen LogP) is 7.79. The molecule has 2 saturated carbocycles. The zero-order valence-electron chi connectivity index (χ0n) is 27.2. The van der Waals surface area contributed by atoms with Crippen LogP contribution >= 0.6 is 0 Å². The summed E-state index contributed by atoms with van der Waals surface area (Å²) in [6.07, 6.45) is 9.98. The summed E-state index contributed by atoms with van der Waals surface area (Å²) in [7, 11) is 0. The first-order valence-electron chi connectivity index (χ1n) is 17.2. The number of halogens is 3. The van der Waals surface area contributed by atoms with Crippen LogP contribution in [0.2, 0.25) is 0 Å². The SMILES string of the molecule is CCOCC1(CN(CC)c2cc(-c3cnc(C4CC4)c(C(F)(F)F)c3)nc3nc(-c4cnc(N5CCCCC5)cn4)[nH]c23)CCCC1. The molecule has 1 aliphatic heterocycles. The fourth-order valence-electron chi connectivity index (χ4n) is 7.31. The zero-order valence-corrected chi connectivity index (χ0v) is 27.2. The molecule has 4 aromatic rings. The summed E-state index contributed by atoms with van der Waals surface area (Å²) < 4.78 is 48.7. The Morgan fingerprint density at radius 2 is 1.72 bits per heavy atom. The van der Waals surface area contributed by atoms with Crippen LogP contribution in [0, 0.1) is 5.41 Å². The highest BCUT2D eigenvalue weighted by atomic mass is 19.4. The summed E-state index contributed by atoms with van der Waals surface area (Å²) in [6.45, 7) is 8.85. The molecule has 0 aromatic carbocycles. The Kier molecular flexibility index (Phi) is 8.80. The second-order valence-electron chi connectivity index (χ2n) is 13.4. The zero-order chi connectivity index (χ0) is 32.6. The molecular formula is C35H43F3N8O. The number of alkyl halides is 3. The molecule has 0 radical (unpaired) electrons. The van der Waals surface area contributed by atoms with Crippen molar-refractivity contribution in [2.24, 2.45) is 5.41 Å². The van der Waals surface area contributed by atoms with Gasteiger partial charge in [-0.25, -0.2) is 19.9 Å². The number of fused-ring (bicyclic) bond motifs is 1. The lowest BCUT2D eigenvalue weighted by molar-refractivity contribution is -0.138. The van der Waals surface area contributed by atoms with Gasteiger partial charge >= 0.3 is 6.18 Å². The quantitative estimate of drug-likeness (QED) is 0.176. The summed E-state index contributed by atoms with van der Waals surface area (Å²) in [5.74, 6) is 1.23. The van der Waals surface area contributed by atoms with E-state index in [2.05, 4.69) is 26.7 Å². The van der Waals surface area contributed by atoms with Crippen LogP contribution < -0.4 is 9.80 Å². The number of aromatic amines is 1. The third kappa shape index (κ3) is 6.66. The van der Waals surface area contributed by atoms with Crippen molar-refractivity contribution in [3.05, 3.63) is 42.0 Å². The molecule has 2 aliphatic carbocycles. The van der Waals surface area contributed by atoms with Crippen molar-refractivity contribution in [1.82, 2.24) is 29.9 Å². The summed E-state index contributed by atoms with van der Waals surface area (Å²) in [5, 5.41) is 0. The molecule has 5 heterocycles. The molecule has 1 saturated heterocycles. The average molecular weight is 649 g/mol. The Labute approximate surface area is 273 Å². The summed E-state index contributed by atoms with van der Waals surface area (Å²) >= 11 is 0. The fraction of sp³-hybridized carbons (Fsp3) is 0.571. The van der Waals surface area contributed by atoms with Crippen molar-refractivity contribution < 1.29 is 17.9 Å². The first-order valence-corrected chi connectivity index (χ1v) is 17.2. The summed E-state index contributed by atoms with van der Waals surface area (Å²) in [5.41, 5.74) is 2.73. The Hall–Kier alpha value is -3.80. The normalized spacial score (nSPS) is 18.3. The number of nitrogens with one attached hydrogen (secondary N) is 1. The maximum atomic E-state index is 14.2. The number of aromatic nitrogens is 6. The van der Waals surface area contributed by atoms with E-state index in [-0.39, 0.29) is 17.0 Å². The number of hydrogen-bond donors (Lipinski definition) is 1. The monoisotopic (exact) mass is 648 g/mol. The molecule has 3 fully saturated rings. The van der Waals surface area contributed by atoms with Crippen LogP contribution in [0.4, 0.5) is 24.7 Å². The lowest BCUT2D eigenvalue weighted by atomic mass is 9.86. The third-order valence-corrected chi connectivity index (χ3v) is 10.0. The average Bonchev–Trinajstić information content (AvgIpc) is 3.68. The van der Waals surface area contributed by atoms with Crippen molar-refractivity contribution in [3.8, 4) is 22.8 Å². The van der Waals surface area contributed by atoms with Gasteiger partial charge < -0.3 is 19.5 Å². The molecule has 3 aliphatic rings. The molecule has 0 unspecified atom stereocenters. The molecule has 1 N–H and O–H groups in total. The maximum absolute atomic E-state index is 14.2. The highest BCUT2D eigenvalue weighted by molar-refractivity contribution is 5.91. The van der Waals surface area contributed by atoms with E-state index in [4.69, 9.17) is 24.7 Å². The van der Waals surface area contributed by atoms with Crippen molar-refractivity contribution in [2.75, 3.05) is 49.2 Å². The van der Waals surface area contributed by atoms with Gasteiger partial charge in [0.05, 0.1) is 41.6 Å². The lowest BCUT2D eigenvalue weighted by Crippen LogP contribution is -2.39. The van der Waals surface area contributed by atoms with Crippen LogP contribution in [0.3, 0.4) is 0 Å². The van der Waals surface area contributed by atoms with Gasteiger partial charge in [0.2, 0.25) is 0 Å². The number of piperidine rings is 1. The number of pyridine rings is 2. The first-order chi connectivity index (χ1) is 22.8. The number of imidazole rings is 1. The Morgan fingerprint density at radius 3 is 2.38 bits per heavy atom. The Morgan fingerprint density at radius 1 is 0.936 bits per heavy atom. The lowest BCUT2D eigenvalue weighted by Gasteiger charge is -2.36. The highest BCUT2D eigenvalue weighted by Crippen LogP contribution is 2.46. The van der Waals surface area contributed by atoms with Gasteiger partial charge in [0.25, 0.3) is 0 Å². The molecule has 0 spiro atoms. The standard InChI is InChI=1S/C35H43F3N8O/c1-3-45(21-34(22-47-4-2)12-6-7-13-34)28-17-26(24-16-25(35(36,37)38)30(41-18-24)23-10-11-23)42-33-31(28)43-32(44-33)27-19-40-29(20-39-27)46-14-8-5-9-15-46/h16-20,23H,3-15,21-22H2,1-2H3,(H,42,43,44). The van der Waals surface area contributed by atoms with Gasteiger partial charge in [0.15, 0.2) is 11.5 Å². The third-order valence-electron chi connectivity index (χ3n) is 10.0. The molecule has 9 nitrogen and oxygen atoms in total. The Bertz CT molecular complexity index is 1690. The minimum Gasteiger partial charge on any atom is -0.381 e. The molecule has 0 atom stereocenters. The van der Waals surface area contributed by atoms with E-state index >= 15 is 0 Å². The van der Waals surface area contributed by atoms with Crippen molar-refractivity contribution in [3.63, 3.8) is 0 Å². The number of ether oxygens (including phenoxy) is 1. The maximum Gasteiger partial charge on any atom is 0.418 e. The molecule has 250 valence electrons. The molecule has 47 heavy (non-hydrogen) atoms. The van der Waals surface area contributed by atoms with Gasteiger partial charge in [-0.15, -0.1) is 0 Å². The smallest absolute Gasteiger partial charge is 0.381 e. The molecule has 12 heteroatoms. The van der Waals surface area contributed by atoms with E-state index in [9.17, 15) is 13.2 Å². The second-order valence-corrected chi connectivity index (χ2v) is 13.4. The van der Waals surface area contributed by atoms with Crippen molar-refractivity contribution >= 4 is 22.7 Å². The number of hydrogen-bond acceptors (Lipinski definition) is 8. The van der Waals surface area contributed by atoms with Gasteiger partial charge in [-0.2, -0.15) is 13.2 Å². The minimum atomic E-state index is -4.50. The fourth-order valence-corrected chi connectivity index (χ4v) is 7.31. The summed E-state index contributed by atoms with van der Waals surface area (Å²) in [4.78, 5) is 31.4. The number of rotatable bonds is 11. The first kappa shape index (κ1) is 31.8. The Balaban J connectivity index is 1.31.